The van der Waals surface area contributed by atoms with Crippen molar-refractivity contribution in [1.29, 1.82) is 0 Å². The summed E-state index contributed by atoms with van der Waals surface area (Å²) in [6.45, 7) is 2.71. The Labute approximate surface area is 140 Å². The van der Waals surface area contributed by atoms with Gasteiger partial charge in [0.2, 0.25) is 5.91 Å². The Balaban J connectivity index is 1.76. The van der Waals surface area contributed by atoms with Gasteiger partial charge in [0.05, 0.1) is 6.04 Å². The molecule has 2 aromatic rings. The van der Waals surface area contributed by atoms with Crippen LogP contribution >= 0.6 is 11.3 Å². The van der Waals surface area contributed by atoms with Gasteiger partial charge in [0.25, 0.3) is 0 Å². The summed E-state index contributed by atoms with van der Waals surface area (Å²) in [5.74, 6) is 0.123. The maximum Gasteiger partial charge on any atom is 0.247 e. The lowest BCUT2D eigenvalue weighted by Crippen LogP contribution is -2.42. The molecule has 1 saturated heterocycles. The number of hydrogen-bond donors (Lipinski definition) is 0. The Morgan fingerprint density at radius 1 is 1.43 bits per heavy atom. The summed E-state index contributed by atoms with van der Waals surface area (Å²) in [5, 5.41) is 6.18. The molecule has 6 heteroatoms. The van der Waals surface area contributed by atoms with Gasteiger partial charge in [-0.25, -0.2) is 9.67 Å². The summed E-state index contributed by atoms with van der Waals surface area (Å²) < 4.78 is 1.63. The van der Waals surface area contributed by atoms with Gasteiger partial charge in [-0.05, 0) is 37.3 Å². The second kappa shape index (κ2) is 7.55. The number of rotatable bonds is 4. The lowest BCUT2D eigenvalue weighted by Gasteiger charge is -2.30. The van der Waals surface area contributed by atoms with Gasteiger partial charge in [-0.15, -0.1) is 11.3 Å². The van der Waals surface area contributed by atoms with E-state index >= 15 is 0 Å². The Kier molecular flexibility index (Phi) is 5.23. The Morgan fingerprint density at radius 3 is 3.09 bits per heavy atom. The number of carbonyl (C=O) groups excluding carboxylic acids is 1. The van der Waals surface area contributed by atoms with Crippen molar-refractivity contribution in [2.45, 2.75) is 44.7 Å². The lowest BCUT2D eigenvalue weighted by atomic mass is 10.1. The van der Waals surface area contributed by atoms with Crippen LogP contribution in [0.25, 0.3) is 6.08 Å². The zero-order chi connectivity index (χ0) is 16.1. The normalized spacial score (nSPS) is 20.6. The fourth-order valence-corrected chi connectivity index (χ4v) is 3.60. The summed E-state index contributed by atoms with van der Waals surface area (Å²) in [7, 11) is 0. The van der Waals surface area contributed by atoms with Crippen molar-refractivity contribution in [2.24, 2.45) is 0 Å². The molecule has 1 amide bonds. The van der Waals surface area contributed by atoms with Crippen LogP contribution in [-0.2, 0) is 4.79 Å². The van der Waals surface area contributed by atoms with Crippen LogP contribution in [0.1, 0.15) is 43.5 Å². The highest BCUT2D eigenvalue weighted by molar-refractivity contribution is 7.10. The molecule has 0 bridgehead atoms. The number of carbonyl (C=O) groups is 1. The van der Waals surface area contributed by atoms with Crippen molar-refractivity contribution >= 4 is 23.3 Å². The number of amides is 1. The summed E-state index contributed by atoms with van der Waals surface area (Å²) >= 11 is 1.72. The molecule has 0 radical (unpaired) electrons. The summed E-state index contributed by atoms with van der Waals surface area (Å²) in [5.41, 5.74) is 0. The van der Waals surface area contributed by atoms with E-state index in [9.17, 15) is 4.79 Å². The molecule has 5 nitrogen and oxygen atoms in total. The predicted octanol–water partition coefficient (Wildman–Crippen LogP) is 3.39. The van der Waals surface area contributed by atoms with Crippen molar-refractivity contribution in [3.8, 4) is 0 Å². The van der Waals surface area contributed by atoms with Gasteiger partial charge in [-0.3, -0.25) is 4.79 Å². The largest absolute Gasteiger partial charge is 0.334 e. The molecular formula is C17H22N4OS. The molecule has 122 valence electrons. The molecule has 0 N–H and O–H groups in total. The molecule has 23 heavy (non-hydrogen) atoms. The molecule has 2 aromatic heterocycles. The third-order valence-electron chi connectivity index (χ3n) is 4.30. The van der Waals surface area contributed by atoms with Crippen LogP contribution in [0, 0.1) is 0 Å². The van der Waals surface area contributed by atoms with Crippen LogP contribution in [0.15, 0.2) is 36.2 Å². The Hall–Kier alpha value is -1.95. The van der Waals surface area contributed by atoms with Crippen LogP contribution in [0.5, 0.6) is 0 Å². The third-order valence-corrected chi connectivity index (χ3v) is 5.14. The number of nitrogens with zero attached hydrogens (tertiary/aromatic N) is 4. The highest BCUT2D eigenvalue weighted by Gasteiger charge is 2.28. The van der Waals surface area contributed by atoms with Crippen LogP contribution in [0.4, 0.5) is 0 Å². The Morgan fingerprint density at radius 2 is 2.35 bits per heavy atom. The number of thiophene rings is 1. The number of aromatic nitrogens is 3. The standard InChI is InChI=1S/C17H22N4OS/c1-14(21-13-18-12-19-21)17(22)20-10-4-2-3-6-15(20)8-9-16-7-5-11-23-16/h5,7-9,11-15H,2-4,6,10H2,1H3/b9-8-/t14-,15-/m1/s1. The van der Waals surface area contributed by atoms with E-state index in [1.807, 2.05) is 17.9 Å². The zero-order valence-corrected chi connectivity index (χ0v) is 14.2. The lowest BCUT2D eigenvalue weighted by molar-refractivity contribution is -0.136. The van der Waals surface area contributed by atoms with E-state index in [1.165, 1.54) is 24.0 Å². The van der Waals surface area contributed by atoms with E-state index < -0.39 is 0 Å². The smallest absolute Gasteiger partial charge is 0.247 e. The molecule has 1 aliphatic rings. The van der Waals surface area contributed by atoms with Crippen molar-refractivity contribution in [1.82, 2.24) is 19.7 Å². The van der Waals surface area contributed by atoms with Crippen LogP contribution in [0.3, 0.4) is 0 Å². The molecule has 2 atom stereocenters. The predicted molar refractivity (Wildman–Crippen MR) is 92.1 cm³/mol. The van der Waals surface area contributed by atoms with Gasteiger partial charge in [-0.1, -0.05) is 25.0 Å². The average Bonchev–Trinajstić information content (AvgIpc) is 3.22. The average molecular weight is 330 g/mol. The van der Waals surface area contributed by atoms with E-state index in [2.05, 4.69) is 33.7 Å². The topological polar surface area (TPSA) is 51.0 Å². The van der Waals surface area contributed by atoms with E-state index in [0.29, 0.717) is 0 Å². The molecule has 0 saturated carbocycles. The first-order valence-corrected chi connectivity index (χ1v) is 9.00. The molecular weight excluding hydrogens is 308 g/mol. The molecule has 3 heterocycles. The molecule has 1 fully saturated rings. The van der Waals surface area contributed by atoms with Gasteiger partial charge in [-0.2, -0.15) is 5.10 Å². The van der Waals surface area contributed by atoms with Crippen molar-refractivity contribution in [3.05, 3.63) is 41.1 Å². The molecule has 0 unspecified atom stereocenters. The fourth-order valence-electron chi connectivity index (χ4n) is 2.97. The minimum atomic E-state index is -0.312. The summed E-state index contributed by atoms with van der Waals surface area (Å²) in [4.78, 5) is 20.1. The van der Waals surface area contributed by atoms with Gasteiger partial charge in [0.15, 0.2) is 0 Å². The minimum Gasteiger partial charge on any atom is -0.334 e. The fraction of sp³-hybridized carbons (Fsp3) is 0.471. The maximum absolute atomic E-state index is 12.9. The first kappa shape index (κ1) is 15.9. The van der Waals surface area contributed by atoms with Crippen molar-refractivity contribution < 1.29 is 4.79 Å². The first-order valence-electron chi connectivity index (χ1n) is 8.12. The summed E-state index contributed by atoms with van der Waals surface area (Å²) in [6.07, 6.45) is 11.9. The number of likely N-dealkylation sites (tertiary alicyclic amines) is 1. The quantitative estimate of drug-likeness (QED) is 0.863. The van der Waals surface area contributed by atoms with Gasteiger partial charge in [0.1, 0.15) is 18.7 Å². The van der Waals surface area contributed by atoms with Crippen molar-refractivity contribution in [3.63, 3.8) is 0 Å². The van der Waals surface area contributed by atoms with Crippen molar-refractivity contribution in [2.75, 3.05) is 6.54 Å². The van der Waals surface area contributed by atoms with E-state index in [0.717, 1.165) is 19.4 Å². The van der Waals surface area contributed by atoms with E-state index in [1.54, 1.807) is 22.3 Å². The molecule has 1 aliphatic heterocycles. The van der Waals surface area contributed by atoms with Crippen LogP contribution in [0.2, 0.25) is 0 Å². The maximum atomic E-state index is 12.9. The summed E-state index contributed by atoms with van der Waals surface area (Å²) in [6, 6.07) is 4.00. The minimum absolute atomic E-state index is 0.123. The highest BCUT2D eigenvalue weighted by atomic mass is 32.1. The van der Waals surface area contributed by atoms with Crippen LogP contribution < -0.4 is 0 Å². The monoisotopic (exact) mass is 330 g/mol. The van der Waals surface area contributed by atoms with E-state index in [-0.39, 0.29) is 18.0 Å². The first-order chi connectivity index (χ1) is 11.3. The van der Waals surface area contributed by atoms with Crippen LogP contribution in [-0.4, -0.2) is 38.2 Å². The molecule has 0 aliphatic carbocycles. The van der Waals surface area contributed by atoms with E-state index in [4.69, 9.17) is 0 Å². The third kappa shape index (κ3) is 3.88. The zero-order valence-electron chi connectivity index (χ0n) is 13.3. The SMILES string of the molecule is C[C@H](C(=O)N1CCCCC[C@@H]1/C=C\c1cccs1)n1cncn1. The molecule has 0 spiro atoms. The highest BCUT2D eigenvalue weighted by Crippen LogP contribution is 2.22. The molecule has 3 rings (SSSR count). The second-order valence-corrected chi connectivity index (χ2v) is 6.85. The van der Waals surface area contributed by atoms with Gasteiger partial charge >= 0.3 is 0 Å². The van der Waals surface area contributed by atoms with Gasteiger partial charge in [0, 0.05) is 11.4 Å². The second-order valence-electron chi connectivity index (χ2n) is 5.87. The number of hydrogen-bond acceptors (Lipinski definition) is 4. The van der Waals surface area contributed by atoms with Gasteiger partial charge < -0.3 is 4.90 Å². The Bertz CT molecular complexity index is 636. The molecule has 0 aromatic carbocycles.